The molecule has 1 unspecified atom stereocenters. The fraction of sp³-hybridized carbons (Fsp3) is 0.636. The van der Waals surface area contributed by atoms with Gasteiger partial charge in [0.1, 0.15) is 11.5 Å². The fourth-order valence-corrected chi connectivity index (χ4v) is 2.17. The van der Waals surface area contributed by atoms with Crippen LogP contribution in [0.15, 0.2) is 16.5 Å². The number of thioether (sulfide) groups is 1. The molecule has 1 aromatic heterocycles. The highest BCUT2D eigenvalue weighted by Crippen LogP contribution is 2.16. The van der Waals surface area contributed by atoms with E-state index in [-0.39, 0.29) is 0 Å². The number of nitrogens with two attached hydrogens (primary N) is 1. The van der Waals surface area contributed by atoms with Gasteiger partial charge in [0, 0.05) is 12.5 Å². The summed E-state index contributed by atoms with van der Waals surface area (Å²) in [5.74, 6) is 4.23. The van der Waals surface area contributed by atoms with Gasteiger partial charge in [-0.05, 0) is 31.2 Å². The lowest BCUT2D eigenvalue weighted by Crippen LogP contribution is -2.15. The van der Waals surface area contributed by atoms with Gasteiger partial charge in [0.2, 0.25) is 0 Å². The van der Waals surface area contributed by atoms with Crippen LogP contribution in [-0.2, 0) is 12.2 Å². The van der Waals surface area contributed by atoms with Crippen molar-refractivity contribution in [2.24, 2.45) is 5.73 Å². The van der Waals surface area contributed by atoms with E-state index >= 15 is 0 Å². The molecule has 0 bridgehead atoms. The maximum Gasteiger partial charge on any atom is 0.114 e. The summed E-state index contributed by atoms with van der Waals surface area (Å²) in [5.41, 5.74) is 5.66. The average Bonchev–Trinajstić information content (AvgIpc) is 2.60. The van der Waals surface area contributed by atoms with Crippen LogP contribution in [0.4, 0.5) is 0 Å². The highest BCUT2D eigenvalue weighted by atomic mass is 32.2. The molecule has 0 saturated heterocycles. The number of hydrogen-bond acceptors (Lipinski definition) is 3. The zero-order chi connectivity index (χ0) is 10.4. The van der Waals surface area contributed by atoms with Crippen molar-refractivity contribution >= 4 is 11.8 Å². The summed E-state index contributed by atoms with van der Waals surface area (Å²) in [4.78, 5) is 0. The van der Waals surface area contributed by atoms with Gasteiger partial charge < -0.3 is 10.2 Å². The monoisotopic (exact) mass is 213 g/mol. The Hall–Kier alpha value is -0.410. The first-order valence-electron chi connectivity index (χ1n) is 5.13. The molecule has 2 nitrogen and oxygen atoms in total. The van der Waals surface area contributed by atoms with Crippen molar-refractivity contribution in [3.63, 3.8) is 0 Å². The van der Waals surface area contributed by atoms with Crippen molar-refractivity contribution in [3.05, 3.63) is 23.7 Å². The molecule has 3 heteroatoms. The van der Waals surface area contributed by atoms with Crippen molar-refractivity contribution in [1.29, 1.82) is 0 Å². The van der Waals surface area contributed by atoms with Gasteiger partial charge in [-0.1, -0.05) is 6.92 Å². The first-order valence-corrected chi connectivity index (χ1v) is 6.28. The number of hydrogen-bond donors (Lipinski definition) is 1. The van der Waals surface area contributed by atoms with Crippen molar-refractivity contribution in [3.8, 4) is 0 Å². The van der Waals surface area contributed by atoms with E-state index in [0.29, 0.717) is 6.04 Å². The van der Waals surface area contributed by atoms with E-state index in [9.17, 15) is 0 Å². The third kappa shape index (κ3) is 4.20. The zero-order valence-corrected chi connectivity index (χ0v) is 9.77. The molecular formula is C11H19NOS. The van der Waals surface area contributed by atoms with E-state index in [2.05, 4.69) is 19.1 Å². The van der Waals surface area contributed by atoms with E-state index in [4.69, 9.17) is 10.2 Å². The van der Waals surface area contributed by atoms with Crippen molar-refractivity contribution in [2.75, 3.05) is 5.75 Å². The topological polar surface area (TPSA) is 39.2 Å². The average molecular weight is 213 g/mol. The first kappa shape index (κ1) is 11.7. The molecule has 14 heavy (non-hydrogen) atoms. The smallest absolute Gasteiger partial charge is 0.114 e. The van der Waals surface area contributed by atoms with Crippen LogP contribution in [0.1, 0.15) is 31.8 Å². The van der Waals surface area contributed by atoms with Crippen LogP contribution in [0.2, 0.25) is 0 Å². The van der Waals surface area contributed by atoms with Crippen LogP contribution in [0.5, 0.6) is 0 Å². The van der Waals surface area contributed by atoms with Gasteiger partial charge in [-0.2, -0.15) is 11.8 Å². The normalized spacial score (nSPS) is 13.1. The summed E-state index contributed by atoms with van der Waals surface area (Å²) >= 11 is 1.88. The summed E-state index contributed by atoms with van der Waals surface area (Å²) in [6.45, 7) is 4.15. The molecule has 1 rings (SSSR count). The standard InChI is InChI=1S/C11H19NOS/c1-3-10-4-5-11(13-10)8-14-7-6-9(2)12/h4-5,9H,3,6-8,12H2,1-2H3. The first-order chi connectivity index (χ1) is 6.72. The Morgan fingerprint density at radius 2 is 2.14 bits per heavy atom. The van der Waals surface area contributed by atoms with Crippen LogP contribution < -0.4 is 5.73 Å². The summed E-state index contributed by atoms with van der Waals surface area (Å²) < 4.78 is 5.59. The molecular weight excluding hydrogens is 194 g/mol. The molecule has 0 aromatic carbocycles. The lowest BCUT2D eigenvalue weighted by atomic mass is 10.3. The van der Waals surface area contributed by atoms with E-state index in [1.54, 1.807) is 0 Å². The molecule has 1 heterocycles. The Morgan fingerprint density at radius 3 is 2.71 bits per heavy atom. The molecule has 1 atom stereocenters. The minimum absolute atomic E-state index is 0.310. The lowest BCUT2D eigenvalue weighted by Gasteiger charge is -2.02. The van der Waals surface area contributed by atoms with Crippen LogP contribution in [0.25, 0.3) is 0 Å². The van der Waals surface area contributed by atoms with Gasteiger partial charge >= 0.3 is 0 Å². The van der Waals surface area contributed by atoms with E-state index in [0.717, 1.165) is 35.9 Å². The van der Waals surface area contributed by atoms with Crippen LogP contribution in [-0.4, -0.2) is 11.8 Å². The van der Waals surface area contributed by atoms with E-state index in [1.165, 1.54) is 0 Å². The summed E-state index contributed by atoms with van der Waals surface area (Å²) in [7, 11) is 0. The maximum atomic E-state index is 5.66. The highest BCUT2D eigenvalue weighted by Gasteiger charge is 2.00. The Morgan fingerprint density at radius 1 is 1.43 bits per heavy atom. The largest absolute Gasteiger partial charge is 0.465 e. The molecule has 0 spiro atoms. The fourth-order valence-electron chi connectivity index (χ4n) is 1.13. The summed E-state index contributed by atoms with van der Waals surface area (Å²) in [6.07, 6.45) is 2.05. The predicted octanol–water partition coefficient (Wildman–Crippen LogP) is 2.81. The van der Waals surface area contributed by atoms with Crippen molar-refractivity contribution in [1.82, 2.24) is 0 Å². The van der Waals surface area contributed by atoms with E-state index < -0.39 is 0 Å². The van der Waals surface area contributed by atoms with Crippen LogP contribution >= 0.6 is 11.8 Å². The van der Waals surface area contributed by atoms with Crippen molar-refractivity contribution in [2.45, 2.75) is 38.5 Å². The van der Waals surface area contributed by atoms with Gasteiger partial charge in [0.15, 0.2) is 0 Å². The maximum absolute atomic E-state index is 5.66. The molecule has 0 aliphatic heterocycles. The Kier molecular flexibility index (Phi) is 5.12. The second-order valence-corrected chi connectivity index (χ2v) is 4.65. The van der Waals surface area contributed by atoms with E-state index in [1.807, 2.05) is 18.7 Å². The SMILES string of the molecule is CCc1ccc(CSCCC(C)N)o1. The Bertz CT molecular complexity index is 258. The third-order valence-electron chi connectivity index (χ3n) is 2.03. The minimum atomic E-state index is 0.310. The molecule has 1 aromatic rings. The number of furan rings is 1. The van der Waals surface area contributed by atoms with Gasteiger partial charge in [0.05, 0.1) is 5.75 Å². The second kappa shape index (κ2) is 6.14. The molecule has 0 amide bonds. The molecule has 80 valence electrons. The molecule has 0 saturated carbocycles. The molecule has 0 radical (unpaired) electrons. The Balaban J connectivity index is 2.18. The third-order valence-corrected chi connectivity index (χ3v) is 3.04. The molecule has 0 aliphatic rings. The van der Waals surface area contributed by atoms with Crippen molar-refractivity contribution < 1.29 is 4.42 Å². The molecule has 0 fully saturated rings. The summed E-state index contributed by atoms with van der Waals surface area (Å²) in [6, 6.07) is 4.43. The van der Waals surface area contributed by atoms with Gasteiger partial charge in [-0.15, -0.1) is 0 Å². The van der Waals surface area contributed by atoms with Gasteiger partial charge in [0.25, 0.3) is 0 Å². The quantitative estimate of drug-likeness (QED) is 0.739. The minimum Gasteiger partial charge on any atom is -0.465 e. The molecule has 2 N–H and O–H groups in total. The van der Waals surface area contributed by atoms with Crippen LogP contribution in [0, 0.1) is 0 Å². The van der Waals surface area contributed by atoms with Gasteiger partial charge in [-0.25, -0.2) is 0 Å². The van der Waals surface area contributed by atoms with Crippen LogP contribution in [0.3, 0.4) is 0 Å². The zero-order valence-electron chi connectivity index (χ0n) is 8.95. The highest BCUT2D eigenvalue weighted by molar-refractivity contribution is 7.98. The van der Waals surface area contributed by atoms with Gasteiger partial charge in [-0.3, -0.25) is 0 Å². The second-order valence-electron chi connectivity index (χ2n) is 3.54. The lowest BCUT2D eigenvalue weighted by molar-refractivity contribution is 0.485. The Labute approximate surface area is 90.2 Å². The predicted molar refractivity (Wildman–Crippen MR) is 62.5 cm³/mol. The summed E-state index contributed by atoms with van der Waals surface area (Å²) in [5, 5.41) is 0. The number of rotatable bonds is 6. The molecule has 0 aliphatic carbocycles. The number of aryl methyl sites for hydroxylation is 1.